The van der Waals surface area contributed by atoms with Gasteiger partial charge >= 0.3 is 0 Å². The summed E-state index contributed by atoms with van der Waals surface area (Å²) in [4.78, 5) is 13.0. The van der Waals surface area contributed by atoms with Gasteiger partial charge in [-0.15, -0.1) is 10.2 Å². The zero-order valence-electron chi connectivity index (χ0n) is 18.8. The van der Waals surface area contributed by atoms with E-state index in [0.29, 0.717) is 43.8 Å². The third-order valence-electron chi connectivity index (χ3n) is 5.18. The lowest BCUT2D eigenvalue weighted by Crippen LogP contribution is -2.29. The number of rotatable bonds is 8. The molecule has 6 nitrogen and oxygen atoms in total. The van der Waals surface area contributed by atoms with E-state index in [0.717, 1.165) is 5.56 Å². The topological polar surface area (TPSA) is 69.0 Å². The van der Waals surface area contributed by atoms with Crippen molar-refractivity contribution in [2.24, 2.45) is 0 Å². The van der Waals surface area contributed by atoms with Crippen LogP contribution in [0.5, 0.6) is 5.75 Å². The molecule has 1 N–H and O–H groups in total. The first-order valence-electron chi connectivity index (χ1n) is 10.6. The summed E-state index contributed by atoms with van der Waals surface area (Å²) in [6, 6.07) is 17.8. The van der Waals surface area contributed by atoms with Crippen LogP contribution in [0.2, 0.25) is 10.0 Å². The number of carbonyl (C=O) groups is 1. The lowest BCUT2D eigenvalue weighted by Gasteiger charge is -2.18. The van der Waals surface area contributed by atoms with Crippen molar-refractivity contribution in [3.63, 3.8) is 0 Å². The Balaban J connectivity index is 1.66. The number of nitrogens with zero attached hydrogens (tertiary/aromatic N) is 3. The first-order chi connectivity index (χ1) is 16.9. The summed E-state index contributed by atoms with van der Waals surface area (Å²) in [7, 11) is 1.51. The van der Waals surface area contributed by atoms with Gasteiger partial charge in [-0.3, -0.25) is 9.36 Å². The molecule has 1 aromatic heterocycles. The molecule has 0 aliphatic carbocycles. The molecule has 0 saturated heterocycles. The smallest absolute Gasteiger partial charge is 0.255 e. The fraction of sp³-hybridized carbons (Fsp3) is 0.160. The number of aromatic nitrogens is 3. The zero-order valence-corrected chi connectivity index (χ0v) is 21.2. The molecule has 0 bridgehead atoms. The normalized spacial score (nSPS) is 11.8. The van der Waals surface area contributed by atoms with Crippen LogP contribution in [0.25, 0.3) is 5.69 Å². The van der Waals surface area contributed by atoms with Crippen molar-refractivity contribution in [1.82, 2.24) is 20.1 Å². The fourth-order valence-corrected chi connectivity index (χ4v) is 4.84. The molecule has 35 heavy (non-hydrogen) atoms. The number of nitrogens with one attached hydrogen (secondary N) is 1. The Morgan fingerprint density at radius 2 is 1.86 bits per heavy atom. The number of para-hydroxylation sites is 1. The third kappa shape index (κ3) is 5.78. The Hall–Kier alpha value is -3.07. The van der Waals surface area contributed by atoms with E-state index in [4.69, 9.17) is 27.9 Å². The lowest BCUT2D eigenvalue weighted by atomic mass is 10.1. The van der Waals surface area contributed by atoms with Gasteiger partial charge in [0.15, 0.2) is 11.0 Å². The number of benzene rings is 3. The van der Waals surface area contributed by atoms with Gasteiger partial charge in [-0.1, -0.05) is 59.2 Å². The van der Waals surface area contributed by atoms with Crippen molar-refractivity contribution in [3.8, 4) is 11.4 Å². The number of thioether (sulfide) groups is 1. The lowest BCUT2D eigenvalue weighted by molar-refractivity contribution is 0.0935. The van der Waals surface area contributed by atoms with Gasteiger partial charge < -0.3 is 10.1 Å². The molecule has 1 atom stereocenters. The van der Waals surface area contributed by atoms with Crippen LogP contribution in [0.1, 0.15) is 34.7 Å². The van der Waals surface area contributed by atoms with Crippen molar-refractivity contribution in [1.29, 1.82) is 0 Å². The van der Waals surface area contributed by atoms with E-state index in [1.54, 1.807) is 59.2 Å². The number of methoxy groups -OCH3 is 1. The third-order valence-corrected chi connectivity index (χ3v) is 6.71. The average Bonchev–Trinajstić information content (AvgIpc) is 3.27. The van der Waals surface area contributed by atoms with Gasteiger partial charge in [-0.05, 0) is 55.0 Å². The van der Waals surface area contributed by atoms with Crippen LogP contribution < -0.4 is 10.1 Å². The molecule has 4 rings (SSSR count). The Kier molecular flexibility index (Phi) is 7.95. The largest absolute Gasteiger partial charge is 0.496 e. The number of halogens is 3. The van der Waals surface area contributed by atoms with E-state index < -0.39 is 6.04 Å². The van der Waals surface area contributed by atoms with Crippen molar-refractivity contribution in [3.05, 3.63) is 99.5 Å². The van der Waals surface area contributed by atoms with Gasteiger partial charge in [0.05, 0.1) is 29.4 Å². The van der Waals surface area contributed by atoms with Crippen LogP contribution in [0.3, 0.4) is 0 Å². The average molecular weight is 531 g/mol. The highest BCUT2D eigenvalue weighted by Crippen LogP contribution is 2.32. The number of carbonyl (C=O) groups excluding carboxylic acids is 1. The van der Waals surface area contributed by atoms with Crippen molar-refractivity contribution in [2.45, 2.75) is 23.9 Å². The fourth-order valence-electron chi connectivity index (χ4n) is 3.44. The van der Waals surface area contributed by atoms with Crippen LogP contribution in [0.4, 0.5) is 4.39 Å². The Morgan fingerprint density at radius 1 is 1.11 bits per heavy atom. The summed E-state index contributed by atoms with van der Waals surface area (Å²) in [5, 5.41) is 13.1. The van der Waals surface area contributed by atoms with Crippen LogP contribution >= 0.6 is 35.0 Å². The highest BCUT2D eigenvalue weighted by molar-refractivity contribution is 7.98. The molecule has 1 unspecified atom stereocenters. The number of ether oxygens (including phenoxy) is 1. The zero-order chi connectivity index (χ0) is 24.9. The molecular formula is C25H21Cl2FN4O2S. The van der Waals surface area contributed by atoms with Crippen molar-refractivity contribution >= 4 is 40.9 Å². The van der Waals surface area contributed by atoms with Gasteiger partial charge in [-0.2, -0.15) is 0 Å². The van der Waals surface area contributed by atoms with Crippen LogP contribution in [0, 0.1) is 5.82 Å². The second kappa shape index (κ2) is 11.1. The molecule has 10 heteroatoms. The number of hydrogen-bond acceptors (Lipinski definition) is 5. The molecule has 4 aromatic rings. The Morgan fingerprint density at radius 3 is 2.57 bits per heavy atom. The number of hydrogen-bond donors (Lipinski definition) is 1. The Labute approximate surface area is 216 Å². The predicted molar refractivity (Wildman–Crippen MR) is 136 cm³/mol. The molecule has 3 aromatic carbocycles. The van der Waals surface area contributed by atoms with Crippen LogP contribution in [-0.2, 0) is 5.75 Å². The highest BCUT2D eigenvalue weighted by atomic mass is 35.5. The summed E-state index contributed by atoms with van der Waals surface area (Å²) >= 11 is 14.1. The molecule has 1 heterocycles. The molecule has 180 valence electrons. The first-order valence-corrected chi connectivity index (χ1v) is 12.3. The molecule has 0 fully saturated rings. The second-order valence-electron chi connectivity index (χ2n) is 7.58. The van der Waals surface area contributed by atoms with E-state index in [9.17, 15) is 9.18 Å². The summed E-state index contributed by atoms with van der Waals surface area (Å²) in [6.45, 7) is 1.81. The molecule has 1 amide bonds. The van der Waals surface area contributed by atoms with Crippen molar-refractivity contribution < 1.29 is 13.9 Å². The van der Waals surface area contributed by atoms with E-state index >= 15 is 0 Å². The minimum Gasteiger partial charge on any atom is -0.496 e. The summed E-state index contributed by atoms with van der Waals surface area (Å²) in [5.74, 6) is 0.879. The maximum absolute atomic E-state index is 13.3. The maximum Gasteiger partial charge on any atom is 0.255 e. The van der Waals surface area contributed by atoms with Gasteiger partial charge in [0.1, 0.15) is 11.6 Å². The first kappa shape index (κ1) is 25.0. The summed E-state index contributed by atoms with van der Waals surface area (Å²) in [5.41, 5.74) is 1.95. The van der Waals surface area contributed by atoms with E-state index in [-0.39, 0.29) is 11.7 Å². The van der Waals surface area contributed by atoms with Gasteiger partial charge in [0, 0.05) is 10.8 Å². The highest BCUT2D eigenvalue weighted by Gasteiger charge is 2.24. The quantitative estimate of drug-likeness (QED) is 0.263. The van der Waals surface area contributed by atoms with E-state index in [2.05, 4.69) is 15.5 Å². The Bertz CT molecular complexity index is 1350. The SMILES string of the molecule is COc1ccccc1C(=O)NC(C)c1nnc(SCc2ccc(F)cc2)n1-c1ccc(Cl)cc1Cl. The summed E-state index contributed by atoms with van der Waals surface area (Å²) < 4.78 is 20.4. The van der Waals surface area contributed by atoms with Gasteiger partial charge in [0.2, 0.25) is 0 Å². The number of amides is 1. The van der Waals surface area contributed by atoms with E-state index in [1.807, 2.05) is 6.92 Å². The van der Waals surface area contributed by atoms with Gasteiger partial charge in [0.25, 0.3) is 5.91 Å². The van der Waals surface area contributed by atoms with E-state index in [1.165, 1.54) is 31.0 Å². The predicted octanol–water partition coefficient (Wildman–Crippen LogP) is 6.51. The minimum absolute atomic E-state index is 0.295. The van der Waals surface area contributed by atoms with Crippen LogP contribution in [0.15, 0.2) is 71.9 Å². The molecule has 0 spiro atoms. The summed E-state index contributed by atoms with van der Waals surface area (Å²) in [6.07, 6.45) is 0. The monoisotopic (exact) mass is 530 g/mol. The molecule has 0 aliphatic heterocycles. The molecule has 0 radical (unpaired) electrons. The second-order valence-corrected chi connectivity index (χ2v) is 9.37. The van der Waals surface area contributed by atoms with Gasteiger partial charge in [-0.25, -0.2) is 4.39 Å². The molecule has 0 saturated carbocycles. The minimum atomic E-state index is -0.521. The standard InChI is InChI=1S/C25H21Cl2FN4O2S/c1-15(29-24(33)19-5-3-4-6-22(19)34-2)23-30-31-25(35-14-16-7-10-18(28)11-8-16)32(23)21-12-9-17(26)13-20(21)27/h3-13,15H,14H2,1-2H3,(H,29,33). The van der Waals surface area contributed by atoms with Crippen molar-refractivity contribution in [2.75, 3.05) is 7.11 Å². The van der Waals surface area contributed by atoms with Crippen LogP contribution in [-0.4, -0.2) is 27.8 Å². The molecular weight excluding hydrogens is 510 g/mol. The maximum atomic E-state index is 13.3. The molecule has 0 aliphatic rings.